The summed E-state index contributed by atoms with van der Waals surface area (Å²) in [4.78, 5) is 0.661. The van der Waals surface area contributed by atoms with E-state index in [0.29, 0.717) is 4.88 Å². The van der Waals surface area contributed by atoms with Gasteiger partial charge in [-0.3, -0.25) is 0 Å². The molecular weight excluding hydrogens is 219 g/mol. The highest BCUT2D eigenvalue weighted by molar-refractivity contribution is 9.11. The Morgan fingerprint density at radius 2 is 2.40 bits per heavy atom. The van der Waals surface area contributed by atoms with Crippen molar-refractivity contribution >= 4 is 27.3 Å². The number of aliphatic hydroxyl groups excluding tert-OH is 1. The lowest BCUT2D eigenvalue weighted by Crippen LogP contribution is -1.94. The van der Waals surface area contributed by atoms with Gasteiger partial charge in [-0.1, -0.05) is 0 Å². The molecule has 0 aliphatic rings. The van der Waals surface area contributed by atoms with E-state index in [0.717, 1.165) is 3.79 Å². The summed E-state index contributed by atoms with van der Waals surface area (Å²) in [5.41, 5.74) is 0. The molecule has 56 valence electrons. The average Bonchev–Trinajstić information content (AvgIpc) is 2.34. The smallest absolute Gasteiger partial charge is 0.120 e. The van der Waals surface area contributed by atoms with E-state index < -0.39 is 12.8 Å². The predicted octanol–water partition coefficient (Wildman–Crippen LogP) is 2.51. The van der Waals surface area contributed by atoms with Crippen molar-refractivity contribution in [2.75, 3.05) is 6.67 Å². The first-order chi connectivity index (χ1) is 4.74. The van der Waals surface area contributed by atoms with Crippen molar-refractivity contribution in [1.82, 2.24) is 0 Å². The van der Waals surface area contributed by atoms with E-state index in [9.17, 15) is 4.39 Å². The van der Waals surface area contributed by atoms with Crippen LogP contribution in [0.15, 0.2) is 15.9 Å². The van der Waals surface area contributed by atoms with Crippen molar-refractivity contribution < 1.29 is 9.50 Å². The molecule has 1 heterocycles. The van der Waals surface area contributed by atoms with Gasteiger partial charge in [0.25, 0.3) is 0 Å². The van der Waals surface area contributed by atoms with Gasteiger partial charge in [-0.25, -0.2) is 4.39 Å². The van der Waals surface area contributed by atoms with Gasteiger partial charge in [-0.2, -0.15) is 0 Å². The zero-order chi connectivity index (χ0) is 7.56. The Hall–Kier alpha value is 0.0700. The van der Waals surface area contributed by atoms with Crippen molar-refractivity contribution in [2.45, 2.75) is 6.10 Å². The number of aliphatic hydroxyl groups is 1. The monoisotopic (exact) mass is 224 g/mol. The Morgan fingerprint density at radius 3 is 2.80 bits per heavy atom. The molecule has 0 saturated heterocycles. The fourth-order valence-electron chi connectivity index (χ4n) is 0.583. The quantitative estimate of drug-likeness (QED) is 0.819. The van der Waals surface area contributed by atoms with Crippen molar-refractivity contribution in [1.29, 1.82) is 0 Å². The summed E-state index contributed by atoms with van der Waals surface area (Å²) < 4.78 is 12.7. The SMILES string of the molecule is OC(CF)c1ccc(Br)s1. The fourth-order valence-corrected chi connectivity index (χ4v) is 1.97. The van der Waals surface area contributed by atoms with E-state index in [1.165, 1.54) is 11.3 Å². The van der Waals surface area contributed by atoms with Crippen LogP contribution in [0.2, 0.25) is 0 Å². The first kappa shape index (κ1) is 8.17. The van der Waals surface area contributed by atoms with Crippen LogP contribution >= 0.6 is 27.3 Å². The lowest BCUT2D eigenvalue weighted by Gasteiger charge is -1.99. The molecular formula is C6H6BrFOS. The van der Waals surface area contributed by atoms with E-state index in [4.69, 9.17) is 5.11 Å². The minimum absolute atomic E-state index is 0.661. The Bertz CT molecular complexity index is 213. The first-order valence-corrected chi connectivity index (χ1v) is 4.34. The molecule has 1 N–H and O–H groups in total. The molecule has 0 radical (unpaired) electrons. The van der Waals surface area contributed by atoms with Crippen LogP contribution in [-0.4, -0.2) is 11.8 Å². The molecule has 1 rings (SSSR count). The molecule has 0 aliphatic carbocycles. The summed E-state index contributed by atoms with van der Waals surface area (Å²) in [5.74, 6) is 0. The highest BCUT2D eigenvalue weighted by Gasteiger charge is 2.08. The van der Waals surface area contributed by atoms with Gasteiger partial charge in [0.2, 0.25) is 0 Å². The molecule has 0 bridgehead atoms. The summed E-state index contributed by atoms with van der Waals surface area (Å²) in [7, 11) is 0. The molecule has 0 amide bonds. The number of hydrogen-bond donors (Lipinski definition) is 1. The van der Waals surface area contributed by atoms with Gasteiger partial charge in [0.15, 0.2) is 0 Å². The third-order valence-corrected chi connectivity index (χ3v) is 2.79. The van der Waals surface area contributed by atoms with Crippen LogP contribution in [0.4, 0.5) is 4.39 Å². The number of thiophene rings is 1. The van der Waals surface area contributed by atoms with Crippen LogP contribution in [0.25, 0.3) is 0 Å². The lowest BCUT2D eigenvalue weighted by atomic mass is 10.3. The molecule has 1 aromatic heterocycles. The minimum atomic E-state index is -0.948. The number of halogens is 2. The van der Waals surface area contributed by atoms with E-state index >= 15 is 0 Å². The third kappa shape index (κ3) is 1.78. The zero-order valence-electron chi connectivity index (χ0n) is 5.05. The molecule has 1 aromatic rings. The second kappa shape index (κ2) is 3.46. The molecule has 0 fully saturated rings. The molecule has 1 unspecified atom stereocenters. The van der Waals surface area contributed by atoms with Crippen LogP contribution in [0.1, 0.15) is 11.0 Å². The second-order valence-electron chi connectivity index (χ2n) is 1.81. The Kier molecular flexibility index (Phi) is 2.82. The van der Waals surface area contributed by atoms with Crippen molar-refractivity contribution in [3.63, 3.8) is 0 Å². The molecule has 4 heteroatoms. The zero-order valence-corrected chi connectivity index (χ0v) is 7.45. The fraction of sp³-hybridized carbons (Fsp3) is 0.333. The maximum atomic E-state index is 11.8. The summed E-state index contributed by atoms with van der Waals surface area (Å²) >= 11 is 4.56. The van der Waals surface area contributed by atoms with Crippen LogP contribution in [0.3, 0.4) is 0 Å². The molecule has 0 aromatic carbocycles. The maximum Gasteiger partial charge on any atom is 0.120 e. The van der Waals surface area contributed by atoms with Gasteiger partial charge in [0.05, 0.1) is 3.79 Å². The third-order valence-electron chi connectivity index (χ3n) is 1.07. The topological polar surface area (TPSA) is 20.2 Å². The van der Waals surface area contributed by atoms with Gasteiger partial charge in [-0.05, 0) is 28.1 Å². The first-order valence-electron chi connectivity index (χ1n) is 2.73. The summed E-state index contributed by atoms with van der Waals surface area (Å²) in [5, 5.41) is 8.96. The lowest BCUT2D eigenvalue weighted by molar-refractivity contribution is 0.145. The van der Waals surface area contributed by atoms with Crippen molar-refractivity contribution in [3.05, 3.63) is 20.8 Å². The Labute approximate surface area is 70.6 Å². The molecule has 0 saturated carbocycles. The molecule has 0 spiro atoms. The van der Waals surface area contributed by atoms with E-state index in [1.54, 1.807) is 12.1 Å². The standard InChI is InChI=1S/C6H6BrFOS/c7-6-2-1-5(10-6)4(9)3-8/h1-2,4,9H,3H2. The van der Waals surface area contributed by atoms with E-state index in [-0.39, 0.29) is 0 Å². The molecule has 10 heavy (non-hydrogen) atoms. The Balaban J connectivity index is 2.74. The van der Waals surface area contributed by atoms with Gasteiger partial charge in [0, 0.05) is 4.88 Å². The highest BCUT2D eigenvalue weighted by Crippen LogP contribution is 2.27. The number of alkyl halides is 1. The minimum Gasteiger partial charge on any atom is -0.385 e. The van der Waals surface area contributed by atoms with Gasteiger partial charge < -0.3 is 5.11 Å². The van der Waals surface area contributed by atoms with Crippen molar-refractivity contribution in [2.24, 2.45) is 0 Å². The van der Waals surface area contributed by atoms with Crippen LogP contribution in [-0.2, 0) is 0 Å². The number of hydrogen-bond acceptors (Lipinski definition) is 2. The maximum absolute atomic E-state index is 11.8. The summed E-state index contributed by atoms with van der Waals surface area (Å²) in [6.45, 7) is -0.715. The summed E-state index contributed by atoms with van der Waals surface area (Å²) in [6.07, 6.45) is -0.948. The van der Waals surface area contributed by atoms with Crippen molar-refractivity contribution in [3.8, 4) is 0 Å². The average molecular weight is 225 g/mol. The second-order valence-corrected chi connectivity index (χ2v) is 4.31. The number of rotatable bonds is 2. The van der Waals surface area contributed by atoms with Gasteiger partial charge >= 0.3 is 0 Å². The van der Waals surface area contributed by atoms with Crippen LogP contribution in [0, 0.1) is 0 Å². The largest absolute Gasteiger partial charge is 0.385 e. The van der Waals surface area contributed by atoms with E-state index in [1.807, 2.05) is 0 Å². The molecule has 1 atom stereocenters. The highest BCUT2D eigenvalue weighted by atomic mass is 79.9. The molecule has 0 aliphatic heterocycles. The van der Waals surface area contributed by atoms with Crippen LogP contribution < -0.4 is 0 Å². The van der Waals surface area contributed by atoms with Gasteiger partial charge in [-0.15, -0.1) is 11.3 Å². The van der Waals surface area contributed by atoms with Gasteiger partial charge in [0.1, 0.15) is 12.8 Å². The van der Waals surface area contributed by atoms with Crippen LogP contribution in [0.5, 0.6) is 0 Å². The summed E-state index contributed by atoms with van der Waals surface area (Å²) in [6, 6.07) is 3.50. The van der Waals surface area contributed by atoms with E-state index in [2.05, 4.69) is 15.9 Å². The predicted molar refractivity (Wildman–Crippen MR) is 43.0 cm³/mol. The molecule has 1 nitrogen and oxygen atoms in total. The Morgan fingerprint density at radius 1 is 1.70 bits per heavy atom. The normalized spacial score (nSPS) is 13.5.